The molecule has 3 aromatic rings. The molecule has 13 nitrogen and oxygen atoms in total. The van der Waals surface area contributed by atoms with Crippen molar-refractivity contribution in [3.05, 3.63) is 81.4 Å². The highest BCUT2D eigenvalue weighted by atomic mass is 31.2. The van der Waals surface area contributed by atoms with E-state index >= 15 is 0 Å². The van der Waals surface area contributed by atoms with Crippen LogP contribution < -0.4 is 11.0 Å². The molecule has 228 valence electrons. The molecule has 14 heteroatoms. The molecule has 5 atom stereocenters. The van der Waals surface area contributed by atoms with Gasteiger partial charge in [0.15, 0.2) is 6.23 Å². The van der Waals surface area contributed by atoms with E-state index in [0.717, 1.165) is 5.69 Å². The number of carbonyl (C=O) groups excluding carboxylic acids is 1. The number of nitrogens with zero attached hydrogens (tertiary/aromatic N) is 7. The smallest absolute Gasteiger partial charge is 0.340 e. The first kappa shape index (κ1) is 30.9. The number of fused-ring (bicyclic) bond motifs is 5. The summed E-state index contributed by atoms with van der Waals surface area (Å²) in [6.45, 7) is 19.7. The van der Waals surface area contributed by atoms with Crippen molar-refractivity contribution in [3.8, 4) is 0 Å². The fourth-order valence-corrected chi connectivity index (χ4v) is 7.65. The third-order valence-electron chi connectivity index (χ3n) is 7.74. The Morgan fingerprint density at radius 1 is 1.26 bits per heavy atom. The van der Waals surface area contributed by atoms with Crippen molar-refractivity contribution in [1.82, 2.24) is 29.2 Å². The first-order valence-electron chi connectivity index (χ1n) is 14.4. The van der Waals surface area contributed by atoms with E-state index in [1.807, 2.05) is 13.0 Å². The van der Waals surface area contributed by atoms with E-state index in [2.05, 4.69) is 57.8 Å². The summed E-state index contributed by atoms with van der Waals surface area (Å²) in [5.74, 6) is -0.180. The van der Waals surface area contributed by atoms with Crippen LogP contribution in [0.5, 0.6) is 0 Å². The minimum Gasteiger partial charge on any atom is -0.340 e. The molecular weight excluding hydrogens is 571 g/mol. The van der Waals surface area contributed by atoms with Crippen LogP contribution in [0.3, 0.4) is 0 Å². The zero-order valence-electron chi connectivity index (χ0n) is 25.2. The van der Waals surface area contributed by atoms with Crippen LogP contribution >= 0.6 is 8.53 Å². The van der Waals surface area contributed by atoms with Crippen LogP contribution in [0.1, 0.15) is 74.9 Å². The highest BCUT2D eigenvalue weighted by molar-refractivity contribution is 7.44. The average Bonchev–Trinajstić information content (AvgIpc) is 3.65. The second kappa shape index (κ2) is 12.6. The number of aryl methyl sites for hydroxylation is 1. The summed E-state index contributed by atoms with van der Waals surface area (Å²) in [5.41, 5.74) is 0.283. The van der Waals surface area contributed by atoms with Gasteiger partial charge >= 0.3 is 5.69 Å². The Bertz CT molecular complexity index is 1550. The Balaban J connectivity index is 1.49. The first-order chi connectivity index (χ1) is 20.6. The van der Waals surface area contributed by atoms with Gasteiger partial charge < -0.3 is 23.9 Å². The van der Waals surface area contributed by atoms with Crippen molar-refractivity contribution in [1.29, 1.82) is 0 Å². The molecule has 1 N–H and O–H groups in total. The monoisotopic (exact) mass is 608 g/mol. The molecule has 1 fully saturated rings. The summed E-state index contributed by atoms with van der Waals surface area (Å²) in [6, 6.07) is 8.41. The SMILES string of the molecule is [C-]#[N+]CCOP(OC1[C@H]2[C@H](n3cc(C)c(NC(=O)c4ccccc4)nc3=O)O[C@@]1(CC)c1cnnn12)N(C(C)C)C(C)C. The van der Waals surface area contributed by atoms with E-state index in [4.69, 9.17) is 20.4 Å². The predicted molar refractivity (Wildman–Crippen MR) is 160 cm³/mol. The quantitative estimate of drug-likeness (QED) is 0.180. The Kier molecular flexibility index (Phi) is 9.06. The van der Waals surface area contributed by atoms with Crippen LogP contribution in [-0.4, -0.2) is 66.5 Å². The fourth-order valence-electron chi connectivity index (χ4n) is 5.87. The molecule has 2 unspecified atom stereocenters. The van der Waals surface area contributed by atoms with Crippen LogP contribution in [0.2, 0.25) is 0 Å². The van der Waals surface area contributed by atoms with Gasteiger partial charge in [0.25, 0.3) is 14.4 Å². The molecule has 0 saturated carbocycles. The number of carbonyl (C=O) groups is 1. The van der Waals surface area contributed by atoms with E-state index in [-0.39, 0.29) is 37.0 Å². The summed E-state index contributed by atoms with van der Waals surface area (Å²) in [7, 11) is -1.60. The van der Waals surface area contributed by atoms with E-state index in [0.29, 0.717) is 17.5 Å². The van der Waals surface area contributed by atoms with E-state index in [1.165, 1.54) is 4.57 Å². The molecule has 5 rings (SSSR count). The van der Waals surface area contributed by atoms with Gasteiger partial charge in [-0.15, -0.1) is 5.10 Å². The Morgan fingerprint density at radius 2 is 1.98 bits per heavy atom. The highest BCUT2D eigenvalue weighted by Crippen LogP contribution is 2.62. The van der Waals surface area contributed by atoms with Gasteiger partial charge in [-0.3, -0.25) is 9.36 Å². The number of anilines is 1. The number of aromatic nitrogens is 5. The molecular formula is C29H37N8O5P. The number of rotatable bonds is 12. The first-order valence-corrected chi connectivity index (χ1v) is 15.5. The van der Waals surface area contributed by atoms with Gasteiger partial charge in [0, 0.05) is 29.4 Å². The minimum atomic E-state index is -1.60. The van der Waals surface area contributed by atoms with Crippen LogP contribution in [-0.2, 0) is 19.4 Å². The molecule has 2 bridgehead atoms. The maximum Gasteiger partial charge on any atom is 0.351 e. The molecule has 1 amide bonds. The number of amides is 1. The lowest BCUT2D eigenvalue weighted by molar-refractivity contribution is -0.120. The number of hydrogen-bond donors (Lipinski definition) is 1. The zero-order valence-corrected chi connectivity index (χ0v) is 26.1. The molecule has 43 heavy (non-hydrogen) atoms. The van der Waals surface area contributed by atoms with Crippen LogP contribution in [0, 0.1) is 13.5 Å². The normalized spacial score (nSPS) is 23.1. The van der Waals surface area contributed by atoms with Gasteiger partial charge in [0.1, 0.15) is 30.2 Å². The zero-order chi connectivity index (χ0) is 30.9. The number of nitrogens with one attached hydrogen (secondary N) is 1. The molecule has 0 spiro atoms. The third kappa shape index (κ3) is 5.61. The molecule has 2 aromatic heterocycles. The number of benzene rings is 1. The van der Waals surface area contributed by atoms with Gasteiger partial charge in [-0.2, -0.15) is 4.98 Å². The highest BCUT2D eigenvalue weighted by Gasteiger charge is 2.66. The van der Waals surface area contributed by atoms with E-state index in [9.17, 15) is 9.59 Å². The second-order valence-corrected chi connectivity index (χ2v) is 12.5. The standard InChI is InChI=1S/C29H37N8O5P/c1-8-29-22-16-31-34-36(22)23(24(29)42-43(40-15-14-30-7)37(18(2)3)19(4)5)27(41-29)35-17-20(6)25(33-28(35)39)32-26(38)21-12-10-9-11-13-21/h9-13,16-19,23-24,27H,8,14-15H2,1-6H3,(H,32,33,38,39)/t23-,24?,27+,29-,43?/m0/s1. The van der Waals surface area contributed by atoms with Crippen molar-refractivity contribution in [2.24, 2.45) is 0 Å². The Labute approximate surface area is 251 Å². The largest absolute Gasteiger partial charge is 0.351 e. The van der Waals surface area contributed by atoms with E-state index < -0.39 is 38.2 Å². The fraction of sp³-hybridized carbons (Fsp3) is 0.517. The molecule has 4 heterocycles. The molecule has 0 aliphatic carbocycles. The second-order valence-electron chi connectivity index (χ2n) is 11.1. The van der Waals surface area contributed by atoms with Crippen LogP contribution in [0.15, 0.2) is 47.5 Å². The maximum atomic E-state index is 13.5. The van der Waals surface area contributed by atoms with Crippen molar-refractivity contribution in [3.63, 3.8) is 0 Å². The van der Waals surface area contributed by atoms with Gasteiger partial charge in [-0.25, -0.2) is 20.7 Å². The average molecular weight is 609 g/mol. The maximum absolute atomic E-state index is 13.5. The number of hydrogen-bond acceptors (Lipinski definition) is 9. The van der Waals surface area contributed by atoms with Gasteiger partial charge in [0.2, 0.25) is 6.54 Å². The van der Waals surface area contributed by atoms with Crippen molar-refractivity contribution in [2.45, 2.75) is 84.0 Å². The molecule has 0 radical (unpaired) electrons. The molecule has 2 aliphatic rings. The minimum absolute atomic E-state index is 0.110. The lowest BCUT2D eigenvalue weighted by atomic mass is 9.93. The molecule has 2 aliphatic heterocycles. The Hall–Kier alpha value is -3.53. The van der Waals surface area contributed by atoms with Crippen molar-refractivity contribution >= 4 is 20.3 Å². The summed E-state index contributed by atoms with van der Waals surface area (Å²) in [5, 5.41) is 11.3. The third-order valence-corrected chi connectivity index (χ3v) is 9.85. The number of ether oxygens (including phenoxy) is 1. The van der Waals surface area contributed by atoms with E-state index in [1.54, 1.807) is 48.3 Å². The van der Waals surface area contributed by atoms with Crippen molar-refractivity contribution in [2.75, 3.05) is 18.5 Å². The summed E-state index contributed by atoms with van der Waals surface area (Å²) in [4.78, 5) is 33.9. The van der Waals surface area contributed by atoms with Gasteiger partial charge in [-0.05, 0) is 53.2 Å². The summed E-state index contributed by atoms with van der Waals surface area (Å²) < 4.78 is 25.2. The molecule has 1 aromatic carbocycles. The van der Waals surface area contributed by atoms with Crippen LogP contribution in [0.4, 0.5) is 5.82 Å². The van der Waals surface area contributed by atoms with Crippen LogP contribution in [0.25, 0.3) is 4.85 Å². The molecule has 1 saturated heterocycles. The van der Waals surface area contributed by atoms with Gasteiger partial charge in [0.05, 0.1) is 11.9 Å². The topological polar surface area (TPSA) is 130 Å². The summed E-state index contributed by atoms with van der Waals surface area (Å²) >= 11 is 0. The lowest BCUT2D eigenvalue weighted by Crippen LogP contribution is -2.39. The van der Waals surface area contributed by atoms with Crippen molar-refractivity contribution < 1.29 is 18.6 Å². The Morgan fingerprint density at radius 3 is 2.63 bits per heavy atom. The lowest BCUT2D eigenvalue weighted by Gasteiger charge is -2.38. The summed E-state index contributed by atoms with van der Waals surface area (Å²) in [6.07, 6.45) is 2.48. The van der Waals surface area contributed by atoms with Gasteiger partial charge in [-0.1, -0.05) is 30.3 Å². The predicted octanol–water partition coefficient (Wildman–Crippen LogP) is 4.45.